The Kier molecular flexibility index (Phi) is 7.05. The molecule has 3 N–H and O–H groups in total. The molecule has 0 amide bonds. The summed E-state index contributed by atoms with van der Waals surface area (Å²) in [5, 5.41) is 17.0. The van der Waals surface area contributed by atoms with E-state index in [9.17, 15) is 9.50 Å². The van der Waals surface area contributed by atoms with Crippen molar-refractivity contribution in [3.05, 3.63) is 59.8 Å². The molecular formula is C19H25FIN3O2. The number of aliphatic imine (C=N–C) groups is 1. The highest BCUT2D eigenvalue weighted by Crippen LogP contribution is 2.41. The van der Waals surface area contributed by atoms with Crippen molar-refractivity contribution in [3.63, 3.8) is 0 Å². The molecule has 0 radical (unpaired) electrons. The van der Waals surface area contributed by atoms with Gasteiger partial charge >= 0.3 is 0 Å². The Morgan fingerprint density at radius 2 is 2.12 bits per heavy atom. The molecular weight excluding hydrogens is 448 g/mol. The van der Waals surface area contributed by atoms with Crippen LogP contribution in [0.1, 0.15) is 37.5 Å². The first kappa shape index (κ1) is 20.7. The molecule has 26 heavy (non-hydrogen) atoms. The van der Waals surface area contributed by atoms with Gasteiger partial charge in [0.05, 0.1) is 12.8 Å². The van der Waals surface area contributed by atoms with Crippen molar-refractivity contribution in [1.82, 2.24) is 10.6 Å². The largest absolute Gasteiger partial charge is 0.466 e. The lowest BCUT2D eigenvalue weighted by Crippen LogP contribution is -2.40. The van der Waals surface area contributed by atoms with Crippen LogP contribution in [-0.4, -0.2) is 30.2 Å². The molecule has 0 aliphatic heterocycles. The van der Waals surface area contributed by atoms with Gasteiger partial charge in [-0.3, -0.25) is 0 Å². The van der Waals surface area contributed by atoms with Crippen molar-refractivity contribution in [3.8, 4) is 0 Å². The molecule has 1 aromatic heterocycles. The molecule has 1 aliphatic carbocycles. The minimum Gasteiger partial charge on any atom is -0.466 e. The van der Waals surface area contributed by atoms with Gasteiger partial charge in [0.25, 0.3) is 0 Å². The summed E-state index contributed by atoms with van der Waals surface area (Å²) in [4.78, 5) is 4.46. The molecule has 3 rings (SSSR count). The lowest BCUT2D eigenvalue weighted by Gasteiger charge is -2.19. The normalized spacial score (nSPS) is 21.5. The van der Waals surface area contributed by atoms with Gasteiger partial charge in [0.1, 0.15) is 17.2 Å². The number of nitrogens with one attached hydrogen (secondary N) is 2. The quantitative estimate of drug-likeness (QED) is 0.342. The van der Waals surface area contributed by atoms with E-state index in [1.54, 1.807) is 25.1 Å². The first-order valence-electron chi connectivity index (χ1n) is 8.57. The third-order valence-corrected chi connectivity index (χ3v) is 4.36. The Morgan fingerprint density at radius 1 is 1.35 bits per heavy atom. The van der Waals surface area contributed by atoms with E-state index < -0.39 is 5.60 Å². The zero-order valence-corrected chi connectivity index (χ0v) is 17.2. The zero-order chi connectivity index (χ0) is 17.9. The number of hydrogen-bond acceptors (Lipinski definition) is 3. The van der Waals surface area contributed by atoms with E-state index in [0.717, 1.165) is 12.0 Å². The van der Waals surface area contributed by atoms with E-state index in [1.165, 1.54) is 12.3 Å². The summed E-state index contributed by atoms with van der Waals surface area (Å²) in [6, 6.07) is 10.5. The average Bonchev–Trinajstić information content (AvgIpc) is 3.10. The van der Waals surface area contributed by atoms with Crippen molar-refractivity contribution in [2.75, 3.05) is 13.1 Å². The molecule has 1 aliphatic rings. The minimum atomic E-state index is -1.18. The lowest BCUT2D eigenvalue weighted by molar-refractivity contribution is 0.0437. The summed E-state index contributed by atoms with van der Waals surface area (Å²) in [7, 11) is 0. The van der Waals surface area contributed by atoms with E-state index >= 15 is 0 Å². The Bertz CT molecular complexity index is 734. The highest BCUT2D eigenvalue weighted by atomic mass is 127. The number of benzene rings is 1. The number of rotatable bonds is 6. The Hall–Kier alpha value is -1.61. The van der Waals surface area contributed by atoms with Gasteiger partial charge in [0.15, 0.2) is 5.96 Å². The standard InChI is InChI=1S/C19H24FN3O2.HI/c1-3-21-18(22-12-19(2,24)17-9-6-10-25-17)23-16-11-14(16)13-7-4-5-8-15(13)20;/h4-10,14,16,24H,3,11-12H2,1-2H3,(H2,21,22,23);1H. The van der Waals surface area contributed by atoms with Crippen LogP contribution in [0.3, 0.4) is 0 Å². The summed E-state index contributed by atoms with van der Waals surface area (Å²) in [5.41, 5.74) is -0.446. The number of aliphatic hydroxyl groups is 1. The maximum Gasteiger partial charge on any atom is 0.191 e. The Morgan fingerprint density at radius 3 is 2.77 bits per heavy atom. The fourth-order valence-corrected chi connectivity index (χ4v) is 2.87. The number of guanidine groups is 1. The fraction of sp³-hybridized carbons (Fsp3) is 0.421. The highest BCUT2D eigenvalue weighted by molar-refractivity contribution is 14.0. The highest BCUT2D eigenvalue weighted by Gasteiger charge is 2.40. The predicted octanol–water partition coefficient (Wildman–Crippen LogP) is 3.36. The zero-order valence-electron chi connectivity index (χ0n) is 14.9. The lowest BCUT2D eigenvalue weighted by atomic mass is 10.0. The topological polar surface area (TPSA) is 69.8 Å². The predicted molar refractivity (Wildman–Crippen MR) is 110 cm³/mol. The Balaban J connectivity index is 0.00000243. The molecule has 0 spiro atoms. The first-order chi connectivity index (χ1) is 12.0. The van der Waals surface area contributed by atoms with Crippen LogP contribution in [-0.2, 0) is 5.60 Å². The molecule has 142 valence electrons. The van der Waals surface area contributed by atoms with Crippen LogP contribution in [0, 0.1) is 5.82 Å². The van der Waals surface area contributed by atoms with Gasteiger partial charge in [-0.1, -0.05) is 18.2 Å². The number of hydrogen-bond donors (Lipinski definition) is 3. The van der Waals surface area contributed by atoms with E-state index in [-0.39, 0.29) is 48.3 Å². The molecule has 1 aromatic carbocycles. The summed E-state index contributed by atoms with van der Waals surface area (Å²) in [6.45, 7) is 4.50. The van der Waals surface area contributed by atoms with Gasteiger partial charge < -0.3 is 20.2 Å². The van der Waals surface area contributed by atoms with Crippen molar-refractivity contribution >= 4 is 29.9 Å². The Labute approximate surface area is 170 Å². The van der Waals surface area contributed by atoms with E-state index in [4.69, 9.17) is 4.42 Å². The van der Waals surface area contributed by atoms with Gasteiger partial charge in [0, 0.05) is 18.5 Å². The number of nitrogens with zero attached hydrogens (tertiary/aromatic N) is 1. The maximum absolute atomic E-state index is 13.9. The molecule has 1 saturated carbocycles. The number of halogens is 2. The van der Waals surface area contributed by atoms with Crippen LogP contribution >= 0.6 is 24.0 Å². The molecule has 3 atom stereocenters. The molecule has 0 bridgehead atoms. The summed E-state index contributed by atoms with van der Waals surface area (Å²) in [5.74, 6) is 1.07. The van der Waals surface area contributed by atoms with Crippen LogP contribution < -0.4 is 10.6 Å². The first-order valence-corrected chi connectivity index (χ1v) is 8.57. The molecule has 1 heterocycles. The second kappa shape index (κ2) is 8.85. The second-order valence-electron chi connectivity index (χ2n) is 6.56. The molecule has 1 fully saturated rings. The van der Waals surface area contributed by atoms with Gasteiger partial charge in [-0.2, -0.15) is 0 Å². The monoisotopic (exact) mass is 473 g/mol. The van der Waals surface area contributed by atoms with Gasteiger partial charge in [-0.25, -0.2) is 9.38 Å². The molecule has 5 nitrogen and oxygen atoms in total. The SMILES string of the molecule is CCNC(=NCC(C)(O)c1ccco1)NC1CC1c1ccccc1F.I. The van der Waals surface area contributed by atoms with E-state index in [1.807, 2.05) is 19.1 Å². The van der Waals surface area contributed by atoms with Gasteiger partial charge in [0.2, 0.25) is 0 Å². The third-order valence-electron chi connectivity index (χ3n) is 4.36. The van der Waals surface area contributed by atoms with Crippen molar-refractivity contribution in [2.45, 2.75) is 37.8 Å². The van der Waals surface area contributed by atoms with E-state index in [2.05, 4.69) is 15.6 Å². The van der Waals surface area contributed by atoms with Crippen LogP contribution in [0.4, 0.5) is 4.39 Å². The van der Waals surface area contributed by atoms with Crippen LogP contribution in [0.5, 0.6) is 0 Å². The maximum atomic E-state index is 13.9. The third kappa shape index (κ3) is 4.97. The number of furan rings is 1. The molecule has 7 heteroatoms. The van der Waals surface area contributed by atoms with E-state index in [0.29, 0.717) is 18.3 Å². The summed E-state index contributed by atoms with van der Waals surface area (Å²) < 4.78 is 19.2. The van der Waals surface area contributed by atoms with Crippen LogP contribution in [0.15, 0.2) is 52.1 Å². The smallest absolute Gasteiger partial charge is 0.191 e. The van der Waals surface area contributed by atoms with Crippen molar-refractivity contribution in [2.24, 2.45) is 4.99 Å². The van der Waals surface area contributed by atoms with Gasteiger partial charge in [-0.15, -0.1) is 24.0 Å². The molecule has 3 unspecified atom stereocenters. The van der Waals surface area contributed by atoms with Crippen molar-refractivity contribution in [1.29, 1.82) is 0 Å². The minimum absolute atomic E-state index is 0. The van der Waals surface area contributed by atoms with Crippen molar-refractivity contribution < 1.29 is 13.9 Å². The molecule has 0 saturated heterocycles. The van der Waals surface area contributed by atoms with Crippen LogP contribution in [0.2, 0.25) is 0 Å². The van der Waals surface area contributed by atoms with Gasteiger partial charge in [-0.05, 0) is 44.0 Å². The van der Waals surface area contributed by atoms with Crippen LogP contribution in [0.25, 0.3) is 0 Å². The summed E-state index contributed by atoms with van der Waals surface area (Å²) >= 11 is 0. The summed E-state index contributed by atoms with van der Waals surface area (Å²) in [6.07, 6.45) is 2.39. The second-order valence-corrected chi connectivity index (χ2v) is 6.56. The molecule has 2 aromatic rings. The average molecular weight is 473 g/mol. The fourth-order valence-electron chi connectivity index (χ4n) is 2.87.